The van der Waals surface area contributed by atoms with Crippen molar-refractivity contribution in [3.8, 4) is 0 Å². The Labute approximate surface area is 130 Å². The number of carbonyl (C=O) groups is 1. The molecule has 0 bridgehead atoms. The number of aryl methyl sites for hydroxylation is 2. The van der Waals surface area contributed by atoms with E-state index in [4.69, 9.17) is 0 Å². The highest BCUT2D eigenvalue weighted by atomic mass is 79.9. The van der Waals surface area contributed by atoms with Crippen LogP contribution in [0.1, 0.15) is 21.5 Å². The third-order valence-corrected chi connectivity index (χ3v) is 3.74. The average molecular weight is 349 g/mol. The molecular formula is C15H13BrN2O3. The van der Waals surface area contributed by atoms with Gasteiger partial charge in [0.25, 0.3) is 11.6 Å². The van der Waals surface area contributed by atoms with Crippen LogP contribution in [0.25, 0.3) is 0 Å². The number of halogens is 1. The van der Waals surface area contributed by atoms with E-state index in [0.717, 1.165) is 10.0 Å². The lowest BCUT2D eigenvalue weighted by molar-refractivity contribution is -0.385. The van der Waals surface area contributed by atoms with Crippen molar-refractivity contribution in [2.24, 2.45) is 0 Å². The first kappa shape index (κ1) is 15.2. The lowest BCUT2D eigenvalue weighted by atomic mass is 10.1. The van der Waals surface area contributed by atoms with Gasteiger partial charge in [0.2, 0.25) is 0 Å². The minimum Gasteiger partial charge on any atom is -0.321 e. The molecule has 0 aliphatic rings. The molecule has 0 spiro atoms. The zero-order valence-electron chi connectivity index (χ0n) is 11.5. The molecule has 0 aliphatic heterocycles. The number of nitro groups is 1. The largest absolute Gasteiger partial charge is 0.321 e. The Balaban J connectivity index is 2.42. The van der Waals surface area contributed by atoms with E-state index in [-0.39, 0.29) is 11.3 Å². The number of carbonyl (C=O) groups excluding carboxylic acids is 1. The average Bonchev–Trinajstić information content (AvgIpc) is 2.42. The fourth-order valence-electron chi connectivity index (χ4n) is 2.02. The molecule has 1 N–H and O–H groups in total. The SMILES string of the molecule is Cc1ccc(Br)c(NC(=O)c2c(C)cccc2[N+](=O)[O-])c1. The predicted molar refractivity (Wildman–Crippen MR) is 84.7 cm³/mol. The summed E-state index contributed by atoms with van der Waals surface area (Å²) < 4.78 is 0.720. The maximum atomic E-state index is 12.4. The van der Waals surface area contributed by atoms with Gasteiger partial charge in [0, 0.05) is 10.5 Å². The van der Waals surface area contributed by atoms with E-state index in [2.05, 4.69) is 21.2 Å². The molecule has 0 atom stereocenters. The smallest absolute Gasteiger partial charge is 0.282 e. The van der Waals surface area contributed by atoms with E-state index in [1.165, 1.54) is 6.07 Å². The summed E-state index contributed by atoms with van der Waals surface area (Å²) in [5, 5.41) is 13.8. The standard InChI is InChI=1S/C15H13BrN2O3/c1-9-6-7-11(16)12(8-9)17-15(19)14-10(2)4-3-5-13(14)18(20)21/h3-8H,1-2H3,(H,17,19). The summed E-state index contributed by atoms with van der Waals surface area (Å²) >= 11 is 3.35. The minimum absolute atomic E-state index is 0.0795. The molecule has 0 heterocycles. The van der Waals surface area contributed by atoms with Crippen molar-refractivity contribution < 1.29 is 9.72 Å². The second-order valence-corrected chi connectivity index (χ2v) is 5.52. The van der Waals surface area contributed by atoms with Crippen LogP contribution in [-0.2, 0) is 0 Å². The van der Waals surface area contributed by atoms with Crippen LogP contribution in [0, 0.1) is 24.0 Å². The fraction of sp³-hybridized carbons (Fsp3) is 0.133. The first-order valence-corrected chi connectivity index (χ1v) is 7.01. The zero-order valence-corrected chi connectivity index (χ0v) is 13.1. The van der Waals surface area contributed by atoms with Crippen LogP contribution in [0.15, 0.2) is 40.9 Å². The van der Waals surface area contributed by atoms with Gasteiger partial charge in [0.1, 0.15) is 5.56 Å². The molecular weight excluding hydrogens is 336 g/mol. The molecule has 0 radical (unpaired) electrons. The van der Waals surface area contributed by atoms with Crippen LogP contribution in [0.2, 0.25) is 0 Å². The van der Waals surface area contributed by atoms with Crippen molar-refractivity contribution in [3.63, 3.8) is 0 Å². The molecule has 0 saturated heterocycles. The summed E-state index contributed by atoms with van der Waals surface area (Å²) in [6, 6.07) is 10.1. The van der Waals surface area contributed by atoms with Crippen molar-refractivity contribution >= 4 is 33.2 Å². The number of amides is 1. The second kappa shape index (κ2) is 6.05. The molecule has 2 aromatic rings. The van der Waals surface area contributed by atoms with E-state index in [9.17, 15) is 14.9 Å². The number of nitrogens with one attached hydrogen (secondary N) is 1. The fourth-order valence-corrected chi connectivity index (χ4v) is 2.37. The molecule has 2 aromatic carbocycles. The predicted octanol–water partition coefficient (Wildman–Crippen LogP) is 4.23. The highest BCUT2D eigenvalue weighted by Gasteiger charge is 2.22. The summed E-state index contributed by atoms with van der Waals surface area (Å²) in [4.78, 5) is 22.9. The summed E-state index contributed by atoms with van der Waals surface area (Å²) in [5.41, 5.74) is 2.00. The first-order valence-electron chi connectivity index (χ1n) is 6.21. The molecule has 1 amide bonds. The molecule has 0 aromatic heterocycles. The maximum Gasteiger partial charge on any atom is 0.282 e. The lowest BCUT2D eigenvalue weighted by Crippen LogP contribution is -2.16. The van der Waals surface area contributed by atoms with Gasteiger partial charge in [-0.05, 0) is 53.0 Å². The number of nitro benzene ring substituents is 1. The number of nitrogens with zero attached hydrogens (tertiary/aromatic N) is 1. The Morgan fingerprint density at radius 2 is 1.95 bits per heavy atom. The molecule has 2 rings (SSSR count). The van der Waals surface area contributed by atoms with Crippen LogP contribution in [0.4, 0.5) is 11.4 Å². The number of rotatable bonds is 3. The van der Waals surface area contributed by atoms with Crippen LogP contribution in [-0.4, -0.2) is 10.8 Å². The highest BCUT2D eigenvalue weighted by molar-refractivity contribution is 9.10. The van der Waals surface area contributed by atoms with Crippen molar-refractivity contribution in [2.45, 2.75) is 13.8 Å². The number of anilines is 1. The van der Waals surface area contributed by atoms with E-state index in [1.54, 1.807) is 25.1 Å². The van der Waals surface area contributed by atoms with Crippen LogP contribution < -0.4 is 5.32 Å². The Morgan fingerprint density at radius 3 is 2.62 bits per heavy atom. The monoisotopic (exact) mass is 348 g/mol. The van der Waals surface area contributed by atoms with Gasteiger partial charge in [-0.3, -0.25) is 14.9 Å². The topological polar surface area (TPSA) is 72.2 Å². The second-order valence-electron chi connectivity index (χ2n) is 4.66. The maximum absolute atomic E-state index is 12.4. The number of benzene rings is 2. The first-order chi connectivity index (χ1) is 9.90. The van der Waals surface area contributed by atoms with Gasteiger partial charge in [0.15, 0.2) is 0 Å². The quantitative estimate of drug-likeness (QED) is 0.666. The Hall–Kier alpha value is -2.21. The lowest BCUT2D eigenvalue weighted by Gasteiger charge is -2.10. The third-order valence-electron chi connectivity index (χ3n) is 3.04. The number of hydrogen-bond acceptors (Lipinski definition) is 3. The van der Waals surface area contributed by atoms with Gasteiger partial charge in [-0.25, -0.2) is 0 Å². The van der Waals surface area contributed by atoms with Gasteiger partial charge in [0.05, 0.1) is 10.6 Å². The van der Waals surface area contributed by atoms with Crippen molar-refractivity contribution in [1.29, 1.82) is 0 Å². The summed E-state index contributed by atoms with van der Waals surface area (Å²) in [7, 11) is 0. The molecule has 0 unspecified atom stereocenters. The van der Waals surface area contributed by atoms with E-state index >= 15 is 0 Å². The molecule has 5 nitrogen and oxygen atoms in total. The summed E-state index contributed by atoms with van der Waals surface area (Å²) in [6.07, 6.45) is 0. The zero-order chi connectivity index (χ0) is 15.6. The van der Waals surface area contributed by atoms with Gasteiger partial charge >= 0.3 is 0 Å². The molecule has 6 heteroatoms. The normalized spacial score (nSPS) is 10.2. The van der Waals surface area contributed by atoms with Crippen LogP contribution >= 0.6 is 15.9 Å². The van der Waals surface area contributed by atoms with Gasteiger partial charge in [-0.1, -0.05) is 18.2 Å². The van der Waals surface area contributed by atoms with Crippen LogP contribution in [0.5, 0.6) is 0 Å². The van der Waals surface area contributed by atoms with Gasteiger partial charge < -0.3 is 5.32 Å². The van der Waals surface area contributed by atoms with Crippen LogP contribution in [0.3, 0.4) is 0 Å². The Bertz CT molecular complexity index is 729. The Kier molecular flexibility index (Phi) is 4.37. The Morgan fingerprint density at radius 1 is 1.24 bits per heavy atom. The van der Waals surface area contributed by atoms with Crippen molar-refractivity contribution in [3.05, 3.63) is 67.7 Å². The summed E-state index contributed by atoms with van der Waals surface area (Å²) in [6.45, 7) is 3.57. The molecule has 0 fully saturated rings. The van der Waals surface area contributed by atoms with Gasteiger partial charge in [-0.15, -0.1) is 0 Å². The third kappa shape index (κ3) is 3.28. The number of hydrogen-bond donors (Lipinski definition) is 1. The molecule has 0 aliphatic carbocycles. The van der Waals surface area contributed by atoms with E-state index in [0.29, 0.717) is 11.3 Å². The van der Waals surface area contributed by atoms with E-state index in [1.807, 2.05) is 19.1 Å². The van der Waals surface area contributed by atoms with Gasteiger partial charge in [-0.2, -0.15) is 0 Å². The highest BCUT2D eigenvalue weighted by Crippen LogP contribution is 2.27. The molecule has 0 saturated carbocycles. The molecule has 108 valence electrons. The van der Waals surface area contributed by atoms with Crippen molar-refractivity contribution in [2.75, 3.05) is 5.32 Å². The van der Waals surface area contributed by atoms with E-state index < -0.39 is 10.8 Å². The minimum atomic E-state index is -0.548. The molecule has 21 heavy (non-hydrogen) atoms. The summed E-state index contributed by atoms with van der Waals surface area (Å²) in [5.74, 6) is -0.494. The van der Waals surface area contributed by atoms with Crippen molar-refractivity contribution in [1.82, 2.24) is 0 Å².